The van der Waals surface area contributed by atoms with Gasteiger partial charge in [0.15, 0.2) is 0 Å². The Bertz CT molecular complexity index is 747. The van der Waals surface area contributed by atoms with E-state index in [1.807, 2.05) is 63.2 Å². The van der Waals surface area contributed by atoms with Gasteiger partial charge < -0.3 is 4.74 Å². The van der Waals surface area contributed by atoms with Gasteiger partial charge in [-0.05, 0) is 38.5 Å². The van der Waals surface area contributed by atoms with E-state index in [0.29, 0.717) is 6.42 Å². The summed E-state index contributed by atoms with van der Waals surface area (Å²) < 4.78 is 22.8. The fourth-order valence-corrected chi connectivity index (χ4v) is 3.11. The zero-order valence-electron chi connectivity index (χ0n) is 13.7. The number of hydrogen-bond acceptors (Lipinski definition) is 2. The molecule has 1 aliphatic heterocycles. The molecule has 0 saturated heterocycles. The highest BCUT2D eigenvalue weighted by Gasteiger charge is 2.28. The van der Waals surface area contributed by atoms with Gasteiger partial charge in [-0.3, -0.25) is 0 Å². The van der Waals surface area contributed by atoms with Crippen LogP contribution in [0.15, 0.2) is 59.0 Å². The standard InChI is InChI=1S/C19H21NO2S/c1-19(2,3)23(21)20-16-13-18(14-9-5-4-6-10-14)22-17-12-8-7-11-15(16)17/h4-12,18H,13H2,1-3H3/b20-16+/t18-,23+/m1/s1. The lowest BCUT2D eigenvalue weighted by Crippen LogP contribution is -2.25. The van der Waals surface area contributed by atoms with Crippen LogP contribution in [0.2, 0.25) is 0 Å². The fourth-order valence-electron chi connectivity index (χ4n) is 2.47. The van der Waals surface area contributed by atoms with Crippen molar-refractivity contribution in [1.29, 1.82) is 0 Å². The largest absolute Gasteiger partial charge is 0.485 e. The number of ether oxygens (including phenoxy) is 1. The molecule has 0 amide bonds. The summed E-state index contributed by atoms with van der Waals surface area (Å²) in [5.74, 6) is 0.803. The highest BCUT2D eigenvalue weighted by molar-refractivity contribution is 7.85. The van der Waals surface area contributed by atoms with E-state index in [4.69, 9.17) is 4.74 Å². The van der Waals surface area contributed by atoms with Gasteiger partial charge in [0.25, 0.3) is 0 Å². The van der Waals surface area contributed by atoms with E-state index in [1.165, 1.54) is 0 Å². The Labute approximate surface area is 140 Å². The predicted molar refractivity (Wildman–Crippen MR) is 95.3 cm³/mol. The summed E-state index contributed by atoms with van der Waals surface area (Å²) in [6.45, 7) is 5.81. The topological polar surface area (TPSA) is 38.7 Å². The number of rotatable bonds is 2. The van der Waals surface area contributed by atoms with Crippen LogP contribution in [-0.2, 0) is 11.0 Å². The molecule has 120 valence electrons. The van der Waals surface area contributed by atoms with Gasteiger partial charge in [-0.2, -0.15) is 4.40 Å². The lowest BCUT2D eigenvalue weighted by atomic mass is 9.96. The van der Waals surface area contributed by atoms with E-state index in [-0.39, 0.29) is 10.9 Å². The Morgan fingerprint density at radius 3 is 2.39 bits per heavy atom. The molecule has 0 aromatic heterocycles. The van der Waals surface area contributed by atoms with Gasteiger partial charge in [-0.15, -0.1) is 0 Å². The summed E-state index contributed by atoms with van der Waals surface area (Å²) in [7, 11) is -1.28. The summed E-state index contributed by atoms with van der Waals surface area (Å²) >= 11 is 0. The third kappa shape index (κ3) is 3.53. The van der Waals surface area contributed by atoms with E-state index in [2.05, 4.69) is 16.5 Å². The molecule has 3 rings (SSSR count). The van der Waals surface area contributed by atoms with Gasteiger partial charge in [0.05, 0.1) is 10.5 Å². The van der Waals surface area contributed by atoms with Crippen LogP contribution in [-0.4, -0.2) is 14.7 Å². The van der Waals surface area contributed by atoms with Crippen LogP contribution in [0.25, 0.3) is 0 Å². The number of nitrogens with zero attached hydrogens (tertiary/aromatic N) is 1. The van der Waals surface area contributed by atoms with Crippen molar-refractivity contribution in [1.82, 2.24) is 0 Å². The van der Waals surface area contributed by atoms with E-state index < -0.39 is 11.0 Å². The lowest BCUT2D eigenvalue weighted by molar-refractivity contribution is 0.206. The Hall–Kier alpha value is -1.94. The van der Waals surface area contributed by atoms with Gasteiger partial charge >= 0.3 is 0 Å². The highest BCUT2D eigenvalue weighted by Crippen LogP contribution is 2.35. The van der Waals surface area contributed by atoms with Crippen LogP contribution >= 0.6 is 0 Å². The first-order chi connectivity index (χ1) is 10.9. The zero-order chi connectivity index (χ0) is 16.4. The van der Waals surface area contributed by atoms with Crippen LogP contribution in [0.3, 0.4) is 0 Å². The molecule has 1 heterocycles. The van der Waals surface area contributed by atoms with Crippen molar-refractivity contribution >= 4 is 16.7 Å². The molecule has 4 heteroatoms. The second-order valence-corrected chi connectivity index (χ2v) is 8.52. The van der Waals surface area contributed by atoms with Crippen LogP contribution in [0, 0.1) is 0 Å². The highest BCUT2D eigenvalue weighted by atomic mass is 32.2. The minimum atomic E-state index is -1.28. The minimum Gasteiger partial charge on any atom is -0.485 e. The van der Waals surface area contributed by atoms with Gasteiger partial charge in [-0.1, -0.05) is 42.5 Å². The average Bonchev–Trinajstić information content (AvgIpc) is 2.54. The maximum Gasteiger partial charge on any atom is 0.145 e. The first kappa shape index (κ1) is 15.9. The van der Waals surface area contributed by atoms with Crippen LogP contribution in [0.4, 0.5) is 0 Å². The SMILES string of the molecule is CC(C)(C)[S@](=O)/N=C1\C[C@H](c2ccccc2)Oc2ccccc21. The van der Waals surface area contributed by atoms with Crippen LogP contribution in [0.5, 0.6) is 5.75 Å². The Morgan fingerprint density at radius 1 is 1.04 bits per heavy atom. The average molecular weight is 327 g/mol. The van der Waals surface area contributed by atoms with E-state index in [0.717, 1.165) is 22.6 Å². The summed E-state index contributed by atoms with van der Waals surface area (Å²) in [6.07, 6.45) is 0.532. The monoisotopic (exact) mass is 327 g/mol. The summed E-state index contributed by atoms with van der Waals surface area (Å²) in [4.78, 5) is 0. The summed E-state index contributed by atoms with van der Waals surface area (Å²) in [6, 6.07) is 17.9. The van der Waals surface area contributed by atoms with Crippen molar-refractivity contribution < 1.29 is 8.95 Å². The molecule has 0 radical (unpaired) electrons. The predicted octanol–water partition coefficient (Wildman–Crippen LogP) is 4.46. The molecule has 0 fully saturated rings. The molecule has 3 nitrogen and oxygen atoms in total. The van der Waals surface area contributed by atoms with E-state index >= 15 is 0 Å². The summed E-state index contributed by atoms with van der Waals surface area (Å²) in [5.41, 5.74) is 2.91. The number of hydrogen-bond donors (Lipinski definition) is 0. The first-order valence-electron chi connectivity index (χ1n) is 7.76. The van der Waals surface area contributed by atoms with Gasteiger partial charge in [0, 0.05) is 12.0 Å². The molecule has 0 bridgehead atoms. The third-order valence-corrected chi connectivity index (χ3v) is 5.17. The van der Waals surface area contributed by atoms with Crippen molar-refractivity contribution in [3.8, 4) is 5.75 Å². The molecular formula is C19H21NO2S. The molecule has 1 aliphatic rings. The molecule has 0 unspecified atom stereocenters. The first-order valence-corrected chi connectivity index (χ1v) is 8.86. The quantitative estimate of drug-likeness (QED) is 0.817. The summed E-state index contributed by atoms with van der Waals surface area (Å²) in [5, 5.41) is 0. The molecule has 0 saturated carbocycles. The maximum atomic E-state index is 12.5. The molecular weight excluding hydrogens is 306 g/mol. The molecule has 0 spiro atoms. The van der Waals surface area contributed by atoms with E-state index in [9.17, 15) is 4.21 Å². The van der Waals surface area contributed by atoms with Gasteiger partial charge in [0.2, 0.25) is 0 Å². The number of fused-ring (bicyclic) bond motifs is 1. The van der Waals surface area contributed by atoms with Crippen molar-refractivity contribution in [2.45, 2.75) is 38.0 Å². The molecule has 2 aromatic rings. The lowest BCUT2D eigenvalue weighted by Gasteiger charge is -2.28. The van der Waals surface area contributed by atoms with Crippen LogP contribution in [0.1, 0.15) is 44.4 Å². The number of benzene rings is 2. The second kappa shape index (κ2) is 6.28. The van der Waals surface area contributed by atoms with Gasteiger partial charge in [-0.25, -0.2) is 4.21 Å². The molecule has 23 heavy (non-hydrogen) atoms. The molecule has 2 atom stereocenters. The minimum absolute atomic E-state index is 0.0955. The maximum absolute atomic E-state index is 12.5. The van der Waals surface area contributed by atoms with Gasteiger partial charge in [0.1, 0.15) is 22.8 Å². The number of para-hydroxylation sites is 1. The van der Waals surface area contributed by atoms with Crippen LogP contribution < -0.4 is 4.74 Å². The Balaban J connectivity index is 2.01. The fraction of sp³-hybridized carbons (Fsp3) is 0.316. The van der Waals surface area contributed by atoms with Crippen molar-refractivity contribution in [2.24, 2.45) is 4.40 Å². The zero-order valence-corrected chi connectivity index (χ0v) is 14.5. The van der Waals surface area contributed by atoms with Crippen molar-refractivity contribution in [2.75, 3.05) is 0 Å². The normalized spacial score (nSPS) is 20.7. The Morgan fingerprint density at radius 2 is 1.70 bits per heavy atom. The van der Waals surface area contributed by atoms with Crippen molar-refractivity contribution in [3.63, 3.8) is 0 Å². The Kier molecular flexibility index (Phi) is 4.35. The smallest absolute Gasteiger partial charge is 0.145 e. The van der Waals surface area contributed by atoms with E-state index in [1.54, 1.807) is 0 Å². The third-order valence-electron chi connectivity index (χ3n) is 3.73. The second-order valence-electron chi connectivity index (χ2n) is 6.62. The molecule has 0 N–H and O–H groups in total. The van der Waals surface area contributed by atoms with Crippen molar-refractivity contribution in [3.05, 3.63) is 65.7 Å². The molecule has 2 aromatic carbocycles. The molecule has 0 aliphatic carbocycles.